The van der Waals surface area contributed by atoms with Crippen LogP contribution in [0, 0.1) is 6.92 Å². The monoisotopic (exact) mass is 596 g/mol. The molecular formula is C26H31F3N6O7. The van der Waals surface area contributed by atoms with Crippen LogP contribution in [-0.2, 0) is 27.1 Å². The molecule has 0 saturated carbocycles. The number of hydrogen-bond donors (Lipinski definition) is 4. The number of aliphatic carboxylic acids is 3. The molecule has 4 heterocycles. The molecule has 0 aromatic carbocycles. The predicted octanol–water partition coefficient (Wildman–Crippen LogP) is 3.06. The molecule has 16 heteroatoms. The van der Waals surface area contributed by atoms with Gasteiger partial charge in [0.2, 0.25) is 0 Å². The molecule has 1 fully saturated rings. The van der Waals surface area contributed by atoms with Gasteiger partial charge in [-0.15, -0.1) is 0 Å². The Labute approximate surface area is 237 Å². The third-order valence-corrected chi connectivity index (χ3v) is 6.56. The number of halogens is 3. The fourth-order valence-corrected chi connectivity index (χ4v) is 4.47. The van der Waals surface area contributed by atoms with Crippen LogP contribution in [0.2, 0.25) is 0 Å². The molecule has 0 spiro atoms. The number of nitrogens with zero attached hydrogens (tertiary/aromatic N) is 6. The Balaban J connectivity index is 0.000000316. The van der Waals surface area contributed by atoms with Gasteiger partial charge in [0, 0.05) is 36.3 Å². The van der Waals surface area contributed by atoms with Crippen molar-refractivity contribution in [2.24, 2.45) is 0 Å². The zero-order chi connectivity index (χ0) is 31.4. The quantitative estimate of drug-likeness (QED) is 0.283. The molecule has 0 radical (unpaired) electrons. The Morgan fingerprint density at radius 2 is 1.64 bits per heavy atom. The smallest absolute Gasteiger partial charge is 0.433 e. The highest BCUT2D eigenvalue weighted by Gasteiger charge is 2.41. The van der Waals surface area contributed by atoms with Crippen molar-refractivity contribution in [1.82, 2.24) is 29.5 Å². The summed E-state index contributed by atoms with van der Waals surface area (Å²) in [6, 6.07) is 2.74. The van der Waals surface area contributed by atoms with Crippen molar-refractivity contribution in [2.75, 3.05) is 6.54 Å². The van der Waals surface area contributed by atoms with Gasteiger partial charge in [-0.1, -0.05) is 13.8 Å². The first-order valence-electron chi connectivity index (χ1n) is 12.9. The fourth-order valence-electron chi connectivity index (χ4n) is 4.47. The second-order valence-electron chi connectivity index (χ2n) is 10.3. The van der Waals surface area contributed by atoms with Crippen LogP contribution in [-0.4, -0.2) is 79.9 Å². The molecule has 0 bridgehead atoms. The van der Waals surface area contributed by atoms with Crippen LogP contribution in [0.1, 0.15) is 80.0 Å². The van der Waals surface area contributed by atoms with Crippen molar-refractivity contribution >= 4 is 23.6 Å². The Bertz CT molecular complexity index is 1430. The second-order valence-corrected chi connectivity index (χ2v) is 10.3. The first kappa shape index (κ1) is 32.3. The Hall–Kier alpha value is -4.18. The van der Waals surface area contributed by atoms with Gasteiger partial charge in [-0.25, -0.2) is 24.3 Å². The van der Waals surface area contributed by atoms with Gasteiger partial charge in [0.25, 0.3) is 0 Å². The van der Waals surface area contributed by atoms with Crippen LogP contribution in [0.5, 0.6) is 0 Å². The van der Waals surface area contributed by atoms with E-state index in [2.05, 4.69) is 25.0 Å². The molecule has 228 valence electrons. The van der Waals surface area contributed by atoms with Gasteiger partial charge in [-0.3, -0.25) is 14.5 Å². The number of rotatable bonds is 9. The molecule has 1 atom stereocenters. The SMILES string of the molecule is Cc1ncc(CN2CCCC2c2cc3nc(C(C)C)cc(C(F)(F)F)n3n2)cn1.O=C(O)CC(O)(CC(=O)O)C(=O)O. The number of likely N-dealkylation sites (tertiary alicyclic amines) is 1. The summed E-state index contributed by atoms with van der Waals surface area (Å²) in [6.45, 7) is 6.98. The number of carbonyl (C=O) groups is 3. The average Bonchev–Trinajstić information content (AvgIpc) is 3.50. The van der Waals surface area contributed by atoms with Gasteiger partial charge in [0.05, 0.1) is 24.6 Å². The topological polar surface area (TPSA) is 191 Å². The highest BCUT2D eigenvalue weighted by Crippen LogP contribution is 2.35. The molecular weight excluding hydrogens is 565 g/mol. The normalized spacial score (nSPS) is 16.0. The molecule has 4 N–H and O–H groups in total. The van der Waals surface area contributed by atoms with Crippen molar-refractivity contribution in [3.63, 3.8) is 0 Å². The standard InChI is InChI=1S/C20H23F3N6.C6H8O7/c1-12(2)15-7-18(20(21,22)23)29-19(26-15)8-16(27-29)17-5-4-6-28(17)11-14-9-24-13(3)25-10-14;7-3(8)1-6(13,5(11)12)2-4(9)10/h7-10,12,17H,4-6,11H2,1-3H3;13H,1-2H2,(H,7,8)(H,9,10)(H,11,12). The number of hydrogen-bond acceptors (Lipinski definition) is 9. The van der Waals surface area contributed by atoms with E-state index in [1.807, 2.05) is 20.8 Å². The van der Waals surface area contributed by atoms with E-state index in [4.69, 9.17) is 20.4 Å². The van der Waals surface area contributed by atoms with Gasteiger partial charge in [0.1, 0.15) is 11.5 Å². The summed E-state index contributed by atoms with van der Waals surface area (Å²) in [4.78, 5) is 45.6. The van der Waals surface area contributed by atoms with E-state index in [1.54, 1.807) is 18.5 Å². The lowest BCUT2D eigenvalue weighted by molar-refractivity contribution is -0.170. The molecule has 1 aliphatic rings. The summed E-state index contributed by atoms with van der Waals surface area (Å²) < 4.78 is 41.8. The maximum atomic E-state index is 13.6. The van der Waals surface area contributed by atoms with E-state index in [0.717, 1.165) is 35.5 Å². The van der Waals surface area contributed by atoms with Crippen LogP contribution < -0.4 is 0 Å². The first-order chi connectivity index (χ1) is 19.5. The third kappa shape index (κ3) is 7.97. The molecule has 3 aromatic heterocycles. The summed E-state index contributed by atoms with van der Waals surface area (Å²) >= 11 is 0. The zero-order valence-electron chi connectivity index (χ0n) is 23.0. The first-order valence-corrected chi connectivity index (χ1v) is 12.9. The molecule has 3 aromatic rings. The van der Waals surface area contributed by atoms with Crippen molar-refractivity contribution in [3.8, 4) is 0 Å². The van der Waals surface area contributed by atoms with E-state index in [0.29, 0.717) is 23.8 Å². The van der Waals surface area contributed by atoms with Crippen molar-refractivity contribution in [1.29, 1.82) is 0 Å². The highest BCUT2D eigenvalue weighted by molar-refractivity contribution is 5.88. The minimum absolute atomic E-state index is 0.0541. The molecule has 1 aliphatic heterocycles. The Morgan fingerprint density at radius 3 is 2.14 bits per heavy atom. The largest absolute Gasteiger partial charge is 0.481 e. The van der Waals surface area contributed by atoms with Crippen LogP contribution in [0.3, 0.4) is 0 Å². The fraction of sp³-hybridized carbons (Fsp3) is 0.500. The highest BCUT2D eigenvalue weighted by atomic mass is 19.4. The molecule has 0 aliphatic carbocycles. The Kier molecular flexibility index (Phi) is 9.83. The number of fused-ring (bicyclic) bond motifs is 1. The summed E-state index contributed by atoms with van der Waals surface area (Å²) in [5.74, 6) is -4.42. The summed E-state index contributed by atoms with van der Waals surface area (Å²) in [5.41, 5.74) is -1.27. The third-order valence-electron chi connectivity index (χ3n) is 6.56. The average molecular weight is 597 g/mol. The summed E-state index contributed by atoms with van der Waals surface area (Å²) in [6.07, 6.45) is -1.40. The molecule has 1 saturated heterocycles. The number of carboxylic acids is 3. The van der Waals surface area contributed by atoms with Crippen molar-refractivity contribution in [2.45, 2.75) is 76.7 Å². The van der Waals surface area contributed by atoms with Crippen LogP contribution in [0.25, 0.3) is 5.65 Å². The van der Waals surface area contributed by atoms with Gasteiger partial charge >= 0.3 is 24.1 Å². The van der Waals surface area contributed by atoms with Gasteiger partial charge in [-0.05, 0) is 38.3 Å². The van der Waals surface area contributed by atoms with Crippen molar-refractivity contribution in [3.05, 3.63) is 53.0 Å². The van der Waals surface area contributed by atoms with E-state index >= 15 is 0 Å². The number of aliphatic hydroxyl groups is 1. The lowest BCUT2D eigenvalue weighted by atomic mass is 9.96. The van der Waals surface area contributed by atoms with Crippen LogP contribution in [0.15, 0.2) is 24.5 Å². The molecule has 1 unspecified atom stereocenters. The molecule has 13 nitrogen and oxygen atoms in total. The van der Waals surface area contributed by atoms with Crippen LogP contribution >= 0.6 is 0 Å². The lowest BCUT2D eigenvalue weighted by Gasteiger charge is -2.22. The summed E-state index contributed by atoms with van der Waals surface area (Å²) in [5, 5.41) is 38.1. The predicted molar refractivity (Wildman–Crippen MR) is 138 cm³/mol. The number of aromatic nitrogens is 5. The number of carboxylic acid groups (broad SMARTS) is 3. The number of alkyl halides is 3. The number of aryl methyl sites for hydroxylation is 1. The summed E-state index contributed by atoms with van der Waals surface area (Å²) in [7, 11) is 0. The van der Waals surface area contributed by atoms with E-state index in [-0.39, 0.29) is 17.6 Å². The minimum Gasteiger partial charge on any atom is -0.481 e. The van der Waals surface area contributed by atoms with Crippen molar-refractivity contribution < 1.29 is 48.0 Å². The maximum absolute atomic E-state index is 13.6. The Morgan fingerprint density at radius 1 is 1.05 bits per heavy atom. The van der Waals surface area contributed by atoms with E-state index in [1.165, 1.54) is 0 Å². The maximum Gasteiger partial charge on any atom is 0.433 e. The zero-order valence-corrected chi connectivity index (χ0v) is 23.0. The van der Waals surface area contributed by atoms with Gasteiger partial charge in [-0.2, -0.15) is 18.3 Å². The van der Waals surface area contributed by atoms with E-state index in [9.17, 15) is 27.6 Å². The van der Waals surface area contributed by atoms with Crippen LogP contribution in [0.4, 0.5) is 13.2 Å². The lowest BCUT2D eigenvalue weighted by Crippen LogP contribution is -2.42. The van der Waals surface area contributed by atoms with Gasteiger partial charge in [0.15, 0.2) is 11.2 Å². The molecule has 0 amide bonds. The molecule has 42 heavy (non-hydrogen) atoms. The molecule has 4 rings (SSSR count). The second kappa shape index (κ2) is 12.8. The van der Waals surface area contributed by atoms with E-state index < -0.39 is 48.2 Å². The minimum atomic E-state index is -4.50. The van der Waals surface area contributed by atoms with Gasteiger partial charge < -0.3 is 20.4 Å².